The van der Waals surface area contributed by atoms with Gasteiger partial charge in [-0.25, -0.2) is 0 Å². The van der Waals surface area contributed by atoms with Gasteiger partial charge in [0.25, 0.3) is 5.91 Å². The number of hydrogen-bond donors (Lipinski definition) is 0. The lowest BCUT2D eigenvalue weighted by molar-refractivity contribution is 0.0763. The molecular weight excluding hydrogens is 271 g/mol. The second-order valence-electron chi connectivity index (χ2n) is 4.46. The molecule has 2 rings (SSSR count). The van der Waals surface area contributed by atoms with Crippen molar-refractivity contribution in [2.45, 2.75) is 6.42 Å². The molecule has 0 radical (unpaired) electrons. The van der Waals surface area contributed by atoms with Crippen molar-refractivity contribution >= 4 is 29.9 Å². The predicted molar refractivity (Wildman–Crippen MR) is 76.7 cm³/mol. The molecule has 1 saturated heterocycles. The van der Waals surface area contributed by atoms with E-state index in [4.69, 9.17) is 11.6 Å². The molecule has 3 nitrogen and oxygen atoms in total. The molecule has 0 unspecified atom stereocenters. The Morgan fingerprint density at radius 2 is 1.78 bits per heavy atom. The highest BCUT2D eigenvalue weighted by Gasteiger charge is 2.18. The lowest BCUT2D eigenvalue weighted by Crippen LogP contribution is -2.34. The Labute approximate surface area is 119 Å². The number of carbonyl (C=O) groups is 1. The highest BCUT2D eigenvalue weighted by molar-refractivity contribution is 6.30. The summed E-state index contributed by atoms with van der Waals surface area (Å²) in [6.45, 7) is 3.65. The second kappa shape index (κ2) is 6.98. The number of nitrogens with zero attached hydrogens (tertiary/aromatic N) is 2. The normalized spacial score (nSPS) is 16.9. The molecule has 100 valence electrons. The Balaban J connectivity index is 0.00000162. The minimum Gasteiger partial charge on any atom is -0.337 e. The number of benzene rings is 1. The number of likely N-dealkylation sites (N-methyl/N-ethyl adjacent to an activating group) is 1. The number of halogens is 2. The molecule has 5 heteroatoms. The molecule has 0 aliphatic carbocycles. The first-order chi connectivity index (χ1) is 8.16. The summed E-state index contributed by atoms with van der Waals surface area (Å²) in [5, 5.41) is 0.664. The van der Waals surface area contributed by atoms with Crippen molar-refractivity contribution in [3.63, 3.8) is 0 Å². The molecule has 1 aliphatic heterocycles. The molecule has 18 heavy (non-hydrogen) atoms. The van der Waals surface area contributed by atoms with Crippen LogP contribution in [0.5, 0.6) is 0 Å². The van der Waals surface area contributed by atoms with Gasteiger partial charge in [0.2, 0.25) is 0 Å². The minimum absolute atomic E-state index is 0. The Morgan fingerprint density at radius 1 is 1.11 bits per heavy atom. The van der Waals surface area contributed by atoms with Crippen molar-refractivity contribution in [2.24, 2.45) is 0 Å². The van der Waals surface area contributed by atoms with Gasteiger partial charge in [-0.15, -0.1) is 12.4 Å². The molecule has 1 aromatic carbocycles. The zero-order valence-electron chi connectivity index (χ0n) is 10.4. The Kier molecular flexibility index (Phi) is 5.93. The molecule has 0 saturated carbocycles. The summed E-state index contributed by atoms with van der Waals surface area (Å²) >= 11 is 5.82. The molecule has 0 bridgehead atoms. The van der Waals surface area contributed by atoms with E-state index in [9.17, 15) is 4.79 Å². The fourth-order valence-electron chi connectivity index (χ4n) is 2.02. The quantitative estimate of drug-likeness (QED) is 0.793. The SMILES string of the molecule is CN1CCCN(C(=O)c2ccc(Cl)cc2)CC1.Cl. The first-order valence-corrected chi connectivity index (χ1v) is 6.28. The lowest BCUT2D eigenvalue weighted by Gasteiger charge is -2.20. The van der Waals surface area contributed by atoms with Crippen molar-refractivity contribution in [1.82, 2.24) is 9.80 Å². The van der Waals surface area contributed by atoms with Gasteiger partial charge in [-0.1, -0.05) is 11.6 Å². The van der Waals surface area contributed by atoms with Gasteiger partial charge in [0.05, 0.1) is 0 Å². The van der Waals surface area contributed by atoms with Crippen LogP contribution in [0.2, 0.25) is 5.02 Å². The smallest absolute Gasteiger partial charge is 0.253 e. The lowest BCUT2D eigenvalue weighted by atomic mass is 10.2. The molecule has 1 aliphatic rings. The van der Waals surface area contributed by atoms with Crippen LogP contribution in [0.3, 0.4) is 0 Å². The van der Waals surface area contributed by atoms with Gasteiger partial charge >= 0.3 is 0 Å². The predicted octanol–water partition coefficient (Wildman–Crippen LogP) is 2.54. The highest BCUT2D eigenvalue weighted by Crippen LogP contribution is 2.12. The van der Waals surface area contributed by atoms with E-state index >= 15 is 0 Å². The van der Waals surface area contributed by atoms with Crippen LogP contribution >= 0.6 is 24.0 Å². The fourth-order valence-corrected chi connectivity index (χ4v) is 2.15. The third kappa shape index (κ3) is 3.87. The summed E-state index contributed by atoms with van der Waals surface area (Å²) in [4.78, 5) is 16.4. The highest BCUT2D eigenvalue weighted by atomic mass is 35.5. The summed E-state index contributed by atoms with van der Waals surface area (Å²) in [7, 11) is 2.09. The third-order valence-electron chi connectivity index (χ3n) is 3.10. The van der Waals surface area contributed by atoms with Gasteiger partial charge in [-0.2, -0.15) is 0 Å². The number of carbonyl (C=O) groups excluding carboxylic acids is 1. The van der Waals surface area contributed by atoms with Crippen LogP contribution in [0, 0.1) is 0 Å². The average Bonchev–Trinajstić information content (AvgIpc) is 2.54. The average molecular weight is 289 g/mol. The fraction of sp³-hybridized carbons (Fsp3) is 0.462. The zero-order valence-corrected chi connectivity index (χ0v) is 12.0. The monoisotopic (exact) mass is 288 g/mol. The topological polar surface area (TPSA) is 23.6 Å². The van der Waals surface area contributed by atoms with Crippen LogP contribution in [0.15, 0.2) is 24.3 Å². The van der Waals surface area contributed by atoms with Crippen molar-refractivity contribution in [3.8, 4) is 0 Å². The van der Waals surface area contributed by atoms with Crippen LogP contribution in [-0.4, -0.2) is 48.9 Å². The van der Waals surface area contributed by atoms with Crippen LogP contribution in [0.1, 0.15) is 16.8 Å². The third-order valence-corrected chi connectivity index (χ3v) is 3.35. The minimum atomic E-state index is 0. The van der Waals surface area contributed by atoms with Crippen LogP contribution in [0.25, 0.3) is 0 Å². The van der Waals surface area contributed by atoms with E-state index in [1.165, 1.54) is 0 Å². The number of rotatable bonds is 1. The molecule has 1 amide bonds. The van der Waals surface area contributed by atoms with Crippen molar-refractivity contribution in [2.75, 3.05) is 33.2 Å². The number of hydrogen-bond acceptors (Lipinski definition) is 2. The Bertz CT molecular complexity index is 394. The molecule has 0 atom stereocenters. The molecule has 1 fully saturated rings. The standard InChI is InChI=1S/C13H17ClN2O.ClH/c1-15-7-2-8-16(10-9-15)13(17)11-3-5-12(14)6-4-11;/h3-6H,2,7-10H2,1H3;1H. The largest absolute Gasteiger partial charge is 0.337 e. The Hall–Kier alpha value is -0.770. The number of amides is 1. The maximum absolute atomic E-state index is 12.2. The van der Waals surface area contributed by atoms with E-state index < -0.39 is 0 Å². The van der Waals surface area contributed by atoms with Crippen LogP contribution in [0.4, 0.5) is 0 Å². The molecule has 0 spiro atoms. The van der Waals surface area contributed by atoms with E-state index in [2.05, 4.69) is 11.9 Å². The van der Waals surface area contributed by atoms with Crippen LogP contribution in [-0.2, 0) is 0 Å². The molecular formula is C13H18Cl2N2O. The van der Waals surface area contributed by atoms with Gasteiger partial charge in [-0.05, 0) is 44.3 Å². The van der Waals surface area contributed by atoms with Gasteiger partial charge < -0.3 is 9.80 Å². The molecule has 0 aromatic heterocycles. The van der Waals surface area contributed by atoms with E-state index in [0.717, 1.165) is 38.2 Å². The first-order valence-electron chi connectivity index (χ1n) is 5.90. The van der Waals surface area contributed by atoms with Gasteiger partial charge in [0.1, 0.15) is 0 Å². The maximum atomic E-state index is 12.2. The summed E-state index contributed by atoms with van der Waals surface area (Å²) in [6, 6.07) is 7.11. The summed E-state index contributed by atoms with van der Waals surface area (Å²) in [6.07, 6.45) is 1.04. The second-order valence-corrected chi connectivity index (χ2v) is 4.89. The zero-order chi connectivity index (χ0) is 12.3. The van der Waals surface area contributed by atoms with E-state index in [1.54, 1.807) is 24.3 Å². The molecule has 1 heterocycles. The van der Waals surface area contributed by atoms with E-state index in [0.29, 0.717) is 5.02 Å². The molecule has 1 aromatic rings. The summed E-state index contributed by atoms with van der Waals surface area (Å²) < 4.78 is 0. The van der Waals surface area contributed by atoms with Gasteiger partial charge in [0.15, 0.2) is 0 Å². The van der Waals surface area contributed by atoms with E-state index in [1.807, 2.05) is 4.90 Å². The van der Waals surface area contributed by atoms with Crippen molar-refractivity contribution < 1.29 is 4.79 Å². The first kappa shape index (κ1) is 15.3. The van der Waals surface area contributed by atoms with Gasteiger partial charge in [0, 0.05) is 30.2 Å². The van der Waals surface area contributed by atoms with Gasteiger partial charge in [-0.3, -0.25) is 4.79 Å². The molecule has 0 N–H and O–H groups in total. The maximum Gasteiger partial charge on any atom is 0.253 e. The summed E-state index contributed by atoms with van der Waals surface area (Å²) in [5.74, 6) is 0.108. The van der Waals surface area contributed by atoms with Crippen molar-refractivity contribution in [1.29, 1.82) is 0 Å². The van der Waals surface area contributed by atoms with E-state index in [-0.39, 0.29) is 18.3 Å². The van der Waals surface area contributed by atoms with Crippen molar-refractivity contribution in [3.05, 3.63) is 34.9 Å². The Morgan fingerprint density at radius 3 is 2.44 bits per heavy atom. The van der Waals surface area contributed by atoms with Crippen LogP contribution < -0.4 is 0 Å². The summed E-state index contributed by atoms with van der Waals surface area (Å²) in [5.41, 5.74) is 0.721.